The summed E-state index contributed by atoms with van der Waals surface area (Å²) in [7, 11) is -0.817. The molecule has 27 heavy (non-hydrogen) atoms. The van der Waals surface area contributed by atoms with E-state index in [0.717, 1.165) is 30.8 Å². The van der Waals surface area contributed by atoms with Gasteiger partial charge >= 0.3 is 0 Å². The Morgan fingerprint density at radius 3 is 2.44 bits per heavy atom. The molecule has 0 radical (unpaired) electrons. The van der Waals surface area contributed by atoms with E-state index >= 15 is 0 Å². The van der Waals surface area contributed by atoms with E-state index in [1.165, 1.54) is 25.2 Å². The van der Waals surface area contributed by atoms with Crippen LogP contribution >= 0.6 is 12.4 Å². The molecular formula is C17H24ClN3O5S. The first-order valence-electron chi connectivity index (χ1n) is 8.45. The lowest BCUT2D eigenvalue weighted by atomic mass is 9.80. The van der Waals surface area contributed by atoms with Crippen LogP contribution in [0.2, 0.25) is 0 Å². The second-order valence-corrected chi connectivity index (χ2v) is 8.65. The molecule has 1 aromatic carbocycles. The molecule has 1 saturated heterocycles. The maximum atomic E-state index is 12.7. The number of nitrogens with zero attached hydrogens (tertiary/aromatic N) is 1. The minimum atomic E-state index is -3.80. The summed E-state index contributed by atoms with van der Waals surface area (Å²) < 4.78 is 33.4. The van der Waals surface area contributed by atoms with Crippen LogP contribution in [0.4, 0.5) is 0 Å². The van der Waals surface area contributed by atoms with Gasteiger partial charge in [0, 0.05) is 26.1 Å². The Bertz CT molecular complexity index is 831. The average Bonchev–Trinajstić information content (AvgIpc) is 2.85. The lowest BCUT2D eigenvalue weighted by molar-refractivity contribution is 0.0577. The fourth-order valence-electron chi connectivity index (χ4n) is 3.47. The Hall–Kier alpha value is -1.52. The number of ether oxygens (including phenoxy) is 1. The topological polar surface area (TPSA) is 105 Å². The van der Waals surface area contributed by atoms with Gasteiger partial charge in [0.05, 0.1) is 22.6 Å². The number of hydrogen-bond acceptors (Lipinski definition) is 6. The predicted octanol–water partition coefficient (Wildman–Crippen LogP) is 0.629. The highest BCUT2D eigenvalue weighted by Crippen LogP contribution is 2.29. The molecule has 0 unspecified atom stereocenters. The Morgan fingerprint density at radius 1 is 1.19 bits per heavy atom. The van der Waals surface area contributed by atoms with E-state index in [1.54, 1.807) is 7.11 Å². The van der Waals surface area contributed by atoms with Crippen molar-refractivity contribution in [3.63, 3.8) is 0 Å². The zero-order valence-corrected chi connectivity index (χ0v) is 16.9. The molecule has 0 spiro atoms. The van der Waals surface area contributed by atoms with Gasteiger partial charge in [0.15, 0.2) is 0 Å². The van der Waals surface area contributed by atoms with Crippen LogP contribution in [0, 0.1) is 5.41 Å². The van der Waals surface area contributed by atoms with E-state index in [-0.39, 0.29) is 40.4 Å². The molecule has 150 valence electrons. The molecule has 2 aliphatic heterocycles. The van der Waals surface area contributed by atoms with Crippen LogP contribution in [0.3, 0.4) is 0 Å². The van der Waals surface area contributed by atoms with E-state index in [0.29, 0.717) is 6.61 Å². The monoisotopic (exact) mass is 417 g/mol. The van der Waals surface area contributed by atoms with Gasteiger partial charge in [0.2, 0.25) is 10.0 Å². The maximum Gasteiger partial charge on any atom is 0.261 e. The summed E-state index contributed by atoms with van der Waals surface area (Å²) in [6, 6.07) is 4.02. The standard InChI is InChI=1S/C17H23N3O5S.ClH/c1-20-15(21)13-4-3-12(9-14(13)16(20)22)26(23,24)19-10-17(11-25-2)5-7-18-8-6-17;/h3-4,9,18-19H,5-8,10-11H2,1-2H3;1H. The molecule has 2 amide bonds. The van der Waals surface area contributed by atoms with Gasteiger partial charge in [-0.2, -0.15) is 0 Å². The van der Waals surface area contributed by atoms with E-state index in [1.807, 2.05) is 0 Å². The van der Waals surface area contributed by atoms with Crippen LogP contribution < -0.4 is 10.0 Å². The van der Waals surface area contributed by atoms with Gasteiger partial charge in [0.25, 0.3) is 11.8 Å². The first-order chi connectivity index (χ1) is 12.3. The van der Waals surface area contributed by atoms with Gasteiger partial charge in [-0.25, -0.2) is 13.1 Å². The number of sulfonamides is 1. The van der Waals surface area contributed by atoms with Crippen molar-refractivity contribution in [2.24, 2.45) is 5.41 Å². The number of hydrogen-bond donors (Lipinski definition) is 2. The highest BCUT2D eigenvalue weighted by Gasteiger charge is 2.36. The summed E-state index contributed by atoms with van der Waals surface area (Å²) >= 11 is 0. The van der Waals surface area contributed by atoms with E-state index in [9.17, 15) is 18.0 Å². The van der Waals surface area contributed by atoms with Crippen LogP contribution in [0.1, 0.15) is 33.6 Å². The fraction of sp³-hybridized carbons (Fsp3) is 0.529. The highest BCUT2D eigenvalue weighted by molar-refractivity contribution is 7.89. The first kappa shape index (κ1) is 21.8. The molecule has 0 saturated carbocycles. The smallest absolute Gasteiger partial charge is 0.261 e. The third kappa shape index (κ3) is 4.17. The average molecular weight is 418 g/mol. The Labute approximate surface area is 165 Å². The number of halogens is 1. The molecule has 1 aromatic rings. The normalized spacial score (nSPS) is 19.0. The zero-order chi connectivity index (χ0) is 18.9. The summed E-state index contributed by atoms with van der Waals surface area (Å²) in [5, 5.41) is 3.26. The van der Waals surface area contributed by atoms with Gasteiger partial charge in [-0.05, 0) is 44.1 Å². The van der Waals surface area contributed by atoms with E-state index in [4.69, 9.17) is 4.74 Å². The molecule has 8 nitrogen and oxygen atoms in total. The number of fused-ring (bicyclic) bond motifs is 1. The molecule has 0 bridgehead atoms. The number of benzene rings is 1. The fourth-order valence-corrected chi connectivity index (χ4v) is 4.66. The van der Waals surface area contributed by atoms with Crippen molar-refractivity contribution in [2.75, 3.05) is 40.4 Å². The molecule has 2 aliphatic rings. The molecule has 0 aromatic heterocycles. The van der Waals surface area contributed by atoms with Crippen molar-refractivity contribution in [3.05, 3.63) is 29.3 Å². The first-order valence-corrected chi connectivity index (χ1v) is 9.94. The minimum Gasteiger partial charge on any atom is -0.384 e. The van der Waals surface area contributed by atoms with Crippen LogP contribution in [0.5, 0.6) is 0 Å². The summed E-state index contributed by atoms with van der Waals surface area (Å²) in [4.78, 5) is 25.0. The summed E-state index contributed by atoms with van der Waals surface area (Å²) in [6.45, 7) is 2.35. The lowest BCUT2D eigenvalue weighted by Crippen LogP contribution is -2.47. The molecule has 1 fully saturated rings. The number of methoxy groups -OCH3 is 1. The van der Waals surface area contributed by atoms with Gasteiger partial charge < -0.3 is 10.1 Å². The van der Waals surface area contributed by atoms with Crippen molar-refractivity contribution in [2.45, 2.75) is 17.7 Å². The summed E-state index contributed by atoms with van der Waals surface area (Å²) in [5.74, 6) is -0.910. The van der Waals surface area contributed by atoms with Gasteiger partial charge in [0.1, 0.15) is 0 Å². The largest absolute Gasteiger partial charge is 0.384 e. The van der Waals surface area contributed by atoms with Gasteiger partial charge in [-0.1, -0.05) is 0 Å². The minimum absolute atomic E-state index is 0. The Morgan fingerprint density at radius 2 is 1.81 bits per heavy atom. The van der Waals surface area contributed by atoms with E-state index in [2.05, 4.69) is 10.0 Å². The SMILES string of the molecule is COCC1(CNS(=O)(=O)c2ccc3c(c2)C(=O)N(C)C3=O)CCNCC1.Cl. The van der Waals surface area contributed by atoms with Crippen LogP contribution in [-0.4, -0.2) is 65.5 Å². The molecule has 2 heterocycles. The number of carbonyl (C=O) groups is 2. The van der Waals surface area contributed by atoms with E-state index < -0.39 is 21.8 Å². The molecule has 0 atom stereocenters. The Kier molecular flexibility index (Phi) is 6.64. The number of rotatable bonds is 6. The van der Waals surface area contributed by atoms with Crippen LogP contribution in [-0.2, 0) is 14.8 Å². The molecule has 0 aliphatic carbocycles. The molecule has 3 rings (SSSR count). The number of imide groups is 1. The van der Waals surface area contributed by atoms with Crippen LogP contribution in [0.15, 0.2) is 23.1 Å². The summed E-state index contributed by atoms with van der Waals surface area (Å²) in [6.07, 6.45) is 1.62. The quantitative estimate of drug-likeness (QED) is 0.658. The molecule has 10 heteroatoms. The third-order valence-corrected chi connectivity index (χ3v) is 6.52. The Balaban J connectivity index is 0.00000261. The van der Waals surface area contributed by atoms with Crippen molar-refractivity contribution in [1.82, 2.24) is 14.9 Å². The third-order valence-electron chi connectivity index (χ3n) is 5.12. The van der Waals surface area contributed by atoms with Crippen molar-refractivity contribution in [1.29, 1.82) is 0 Å². The highest BCUT2D eigenvalue weighted by atomic mass is 35.5. The molecular weight excluding hydrogens is 394 g/mol. The second-order valence-electron chi connectivity index (χ2n) is 6.88. The summed E-state index contributed by atoms with van der Waals surface area (Å²) in [5.41, 5.74) is 0.0926. The number of piperidine rings is 1. The van der Waals surface area contributed by atoms with Crippen molar-refractivity contribution >= 4 is 34.2 Å². The predicted molar refractivity (Wildman–Crippen MR) is 102 cm³/mol. The maximum absolute atomic E-state index is 12.7. The van der Waals surface area contributed by atoms with Crippen LogP contribution in [0.25, 0.3) is 0 Å². The van der Waals surface area contributed by atoms with Gasteiger partial charge in [-0.15, -0.1) is 12.4 Å². The van der Waals surface area contributed by atoms with Crippen molar-refractivity contribution < 1.29 is 22.7 Å². The van der Waals surface area contributed by atoms with Crippen molar-refractivity contribution in [3.8, 4) is 0 Å². The lowest BCUT2D eigenvalue weighted by Gasteiger charge is -2.37. The number of carbonyl (C=O) groups excluding carboxylic acids is 2. The number of amides is 2. The second kappa shape index (κ2) is 8.24. The van der Waals surface area contributed by atoms with Gasteiger partial charge in [-0.3, -0.25) is 14.5 Å². The zero-order valence-electron chi connectivity index (χ0n) is 15.3. The number of nitrogens with one attached hydrogen (secondary N) is 2. The molecule has 2 N–H and O–H groups in total.